The van der Waals surface area contributed by atoms with Gasteiger partial charge in [-0.3, -0.25) is 4.98 Å². The molecule has 0 amide bonds. The van der Waals surface area contributed by atoms with Crippen LogP contribution in [0.25, 0.3) is 11.0 Å². The molecule has 0 N–H and O–H groups in total. The normalized spacial score (nSPS) is 10.7. The van der Waals surface area contributed by atoms with E-state index in [1.807, 2.05) is 36.4 Å². The third kappa shape index (κ3) is 2.74. The number of benzene rings is 1. The Morgan fingerprint density at radius 2 is 2.00 bits per heavy atom. The van der Waals surface area contributed by atoms with Gasteiger partial charge in [-0.15, -0.1) is 0 Å². The lowest BCUT2D eigenvalue weighted by molar-refractivity contribution is 0.00543. The van der Waals surface area contributed by atoms with E-state index in [4.69, 9.17) is 13.9 Å². The van der Waals surface area contributed by atoms with Gasteiger partial charge in [0, 0.05) is 6.20 Å². The van der Waals surface area contributed by atoms with Crippen molar-refractivity contribution in [3.8, 4) is 5.75 Å². The Bertz CT molecular complexity index is 649. The van der Waals surface area contributed by atoms with Gasteiger partial charge in [-0.25, -0.2) is 0 Å². The van der Waals surface area contributed by atoms with E-state index in [0.717, 1.165) is 10.9 Å². The fourth-order valence-corrected chi connectivity index (χ4v) is 1.81. The smallest absolute Gasteiger partial charge is 0.189 e. The van der Waals surface area contributed by atoms with Gasteiger partial charge in [-0.1, -0.05) is 30.3 Å². The minimum absolute atomic E-state index is 0.186. The molecule has 4 heteroatoms. The highest BCUT2D eigenvalue weighted by Gasteiger charge is 2.06. The summed E-state index contributed by atoms with van der Waals surface area (Å²) in [7, 11) is 0. The lowest BCUT2D eigenvalue weighted by Gasteiger charge is -2.05. The molecule has 0 saturated carbocycles. The average Bonchev–Trinajstić information content (AvgIpc) is 2.88. The van der Waals surface area contributed by atoms with Crippen LogP contribution >= 0.6 is 0 Å². The lowest BCUT2D eigenvalue weighted by Crippen LogP contribution is -2.02. The Balaban J connectivity index is 1.55. The van der Waals surface area contributed by atoms with Crippen molar-refractivity contribution in [3.63, 3.8) is 0 Å². The van der Waals surface area contributed by atoms with E-state index < -0.39 is 0 Å². The van der Waals surface area contributed by atoms with E-state index in [9.17, 15) is 0 Å². The largest absolute Gasteiger partial charge is 0.464 e. The summed E-state index contributed by atoms with van der Waals surface area (Å²) in [5.41, 5.74) is 1.83. The van der Waals surface area contributed by atoms with Crippen LogP contribution in [0.2, 0.25) is 0 Å². The minimum atomic E-state index is 0.186. The predicted octanol–water partition coefficient (Wildman–Crippen LogP) is 3.38. The Morgan fingerprint density at radius 3 is 2.89 bits per heavy atom. The molecule has 0 aliphatic heterocycles. The number of ether oxygens (including phenoxy) is 2. The van der Waals surface area contributed by atoms with Gasteiger partial charge < -0.3 is 13.9 Å². The molecule has 2 aromatic heterocycles. The van der Waals surface area contributed by atoms with Crippen LogP contribution in [0.15, 0.2) is 59.5 Å². The van der Waals surface area contributed by atoms with Crippen molar-refractivity contribution in [2.75, 3.05) is 6.79 Å². The Kier molecular flexibility index (Phi) is 3.42. The van der Waals surface area contributed by atoms with Crippen molar-refractivity contribution in [3.05, 3.63) is 60.6 Å². The molecule has 96 valence electrons. The number of hydrogen-bond donors (Lipinski definition) is 0. The molecule has 0 radical (unpaired) electrons. The lowest BCUT2D eigenvalue weighted by atomic mass is 10.2. The van der Waals surface area contributed by atoms with Crippen molar-refractivity contribution in [1.82, 2.24) is 4.98 Å². The molecule has 1 aromatic carbocycles. The molecule has 0 saturated heterocycles. The van der Waals surface area contributed by atoms with Crippen LogP contribution in [0.1, 0.15) is 5.56 Å². The van der Waals surface area contributed by atoms with Crippen LogP contribution < -0.4 is 4.74 Å². The highest BCUT2D eigenvalue weighted by molar-refractivity contribution is 5.82. The summed E-state index contributed by atoms with van der Waals surface area (Å²) in [5.74, 6) is 0.672. The van der Waals surface area contributed by atoms with Crippen molar-refractivity contribution < 1.29 is 13.9 Å². The number of rotatable bonds is 5. The first-order chi connectivity index (χ1) is 9.43. The van der Waals surface area contributed by atoms with Gasteiger partial charge in [0.15, 0.2) is 18.1 Å². The van der Waals surface area contributed by atoms with E-state index in [-0.39, 0.29) is 6.79 Å². The Hall–Kier alpha value is -2.33. The molecule has 4 nitrogen and oxygen atoms in total. The summed E-state index contributed by atoms with van der Waals surface area (Å²) < 4.78 is 16.3. The topological polar surface area (TPSA) is 44.5 Å². The zero-order valence-electron chi connectivity index (χ0n) is 10.3. The molecule has 2 heterocycles. The molecule has 0 bridgehead atoms. The summed E-state index contributed by atoms with van der Waals surface area (Å²) in [6.07, 6.45) is 4.93. The Labute approximate surface area is 110 Å². The van der Waals surface area contributed by atoms with Gasteiger partial charge in [0.05, 0.1) is 18.2 Å². The molecule has 0 unspecified atom stereocenters. The highest BCUT2D eigenvalue weighted by atomic mass is 16.7. The number of aromatic nitrogens is 1. The maximum Gasteiger partial charge on any atom is 0.189 e. The second kappa shape index (κ2) is 5.54. The van der Waals surface area contributed by atoms with Crippen molar-refractivity contribution >= 4 is 11.0 Å². The van der Waals surface area contributed by atoms with Gasteiger partial charge in [0.1, 0.15) is 6.26 Å². The first-order valence-corrected chi connectivity index (χ1v) is 5.99. The second-order valence-electron chi connectivity index (χ2n) is 4.07. The molecule has 3 aromatic rings. The Morgan fingerprint density at radius 1 is 1.11 bits per heavy atom. The second-order valence-corrected chi connectivity index (χ2v) is 4.07. The van der Waals surface area contributed by atoms with Gasteiger partial charge in [-0.2, -0.15) is 0 Å². The third-order valence-electron chi connectivity index (χ3n) is 2.75. The molecule has 0 aliphatic rings. The van der Waals surface area contributed by atoms with E-state index in [0.29, 0.717) is 17.9 Å². The first-order valence-electron chi connectivity index (χ1n) is 5.99. The number of pyridine rings is 1. The molecule has 0 fully saturated rings. The molecule has 0 aliphatic carbocycles. The number of nitrogens with zero attached hydrogens (tertiary/aromatic N) is 1. The maximum atomic E-state index is 5.54. The van der Waals surface area contributed by atoms with Crippen LogP contribution in [0, 0.1) is 0 Å². The number of furan rings is 1. The predicted molar refractivity (Wildman–Crippen MR) is 70.7 cm³/mol. The number of fused-ring (bicyclic) bond motifs is 1. The minimum Gasteiger partial charge on any atom is -0.464 e. The van der Waals surface area contributed by atoms with Crippen molar-refractivity contribution in [1.29, 1.82) is 0 Å². The molecule has 0 spiro atoms. The van der Waals surface area contributed by atoms with E-state index in [1.165, 1.54) is 0 Å². The maximum absolute atomic E-state index is 5.54. The molecular weight excluding hydrogens is 242 g/mol. The SMILES string of the molecule is c1ccc(COCOc2coc3cnccc23)cc1. The van der Waals surface area contributed by atoms with Gasteiger partial charge in [0.25, 0.3) is 0 Å². The van der Waals surface area contributed by atoms with Crippen LogP contribution in [0.5, 0.6) is 5.75 Å². The average molecular weight is 255 g/mol. The molecule has 0 atom stereocenters. The molecule has 3 rings (SSSR count). The van der Waals surface area contributed by atoms with Gasteiger partial charge in [0.2, 0.25) is 0 Å². The quantitative estimate of drug-likeness (QED) is 0.518. The van der Waals surface area contributed by atoms with Gasteiger partial charge >= 0.3 is 0 Å². The van der Waals surface area contributed by atoms with Crippen LogP contribution in [0.4, 0.5) is 0 Å². The summed E-state index contributed by atoms with van der Waals surface area (Å²) in [6, 6.07) is 11.8. The van der Waals surface area contributed by atoms with Crippen molar-refractivity contribution in [2.24, 2.45) is 0 Å². The van der Waals surface area contributed by atoms with E-state index in [1.54, 1.807) is 18.7 Å². The van der Waals surface area contributed by atoms with E-state index >= 15 is 0 Å². The fraction of sp³-hybridized carbons (Fsp3) is 0.133. The summed E-state index contributed by atoms with van der Waals surface area (Å²) in [4.78, 5) is 3.98. The summed E-state index contributed by atoms with van der Waals surface area (Å²) >= 11 is 0. The standard InChI is InChI=1S/C15H13NO3/c1-2-4-12(5-3-1)9-17-11-19-15-10-18-14-8-16-7-6-13(14)15/h1-8,10H,9,11H2. The summed E-state index contributed by atoms with van der Waals surface area (Å²) in [6.45, 7) is 0.712. The molecular formula is C15H13NO3. The fourth-order valence-electron chi connectivity index (χ4n) is 1.81. The van der Waals surface area contributed by atoms with Crippen LogP contribution in [-0.2, 0) is 11.3 Å². The zero-order valence-corrected chi connectivity index (χ0v) is 10.3. The monoisotopic (exact) mass is 255 g/mol. The number of hydrogen-bond acceptors (Lipinski definition) is 4. The molecule has 19 heavy (non-hydrogen) atoms. The first kappa shape index (κ1) is 11.7. The van der Waals surface area contributed by atoms with Crippen LogP contribution in [0.3, 0.4) is 0 Å². The highest BCUT2D eigenvalue weighted by Crippen LogP contribution is 2.26. The summed E-state index contributed by atoms with van der Waals surface area (Å²) in [5, 5.41) is 0.901. The van der Waals surface area contributed by atoms with Gasteiger partial charge in [-0.05, 0) is 11.6 Å². The van der Waals surface area contributed by atoms with E-state index in [2.05, 4.69) is 4.98 Å². The third-order valence-corrected chi connectivity index (χ3v) is 2.75. The zero-order chi connectivity index (χ0) is 12.9. The van der Waals surface area contributed by atoms with Crippen LogP contribution in [-0.4, -0.2) is 11.8 Å². The van der Waals surface area contributed by atoms with Crippen molar-refractivity contribution in [2.45, 2.75) is 6.61 Å².